The van der Waals surface area contributed by atoms with Gasteiger partial charge in [-0.05, 0) is 49.1 Å². The lowest BCUT2D eigenvalue weighted by Crippen LogP contribution is -2.39. The van der Waals surface area contributed by atoms with Crippen molar-refractivity contribution in [2.75, 3.05) is 32.1 Å². The van der Waals surface area contributed by atoms with Crippen LogP contribution in [0, 0.1) is 5.92 Å². The zero-order valence-electron chi connectivity index (χ0n) is 27.8. The summed E-state index contributed by atoms with van der Waals surface area (Å²) in [7, 11) is 2.77. The maximum absolute atomic E-state index is 13.4. The van der Waals surface area contributed by atoms with Crippen molar-refractivity contribution in [3.63, 3.8) is 0 Å². The molecule has 48 heavy (non-hydrogen) atoms. The monoisotopic (exact) mass is 703 g/mol. The van der Waals surface area contributed by atoms with E-state index in [9.17, 15) is 39.5 Å². The highest BCUT2D eigenvalue weighted by Gasteiger charge is 2.37. The van der Waals surface area contributed by atoms with Crippen LogP contribution in [0.2, 0.25) is 0 Å². The van der Waals surface area contributed by atoms with E-state index in [1.165, 1.54) is 51.1 Å². The molecule has 0 radical (unpaired) electrons. The van der Waals surface area contributed by atoms with Crippen LogP contribution < -0.4 is 16.5 Å². The number of guanidine groups is 1. The molecule has 1 aromatic heterocycles. The highest BCUT2D eigenvalue weighted by Crippen LogP contribution is 2.37. The summed E-state index contributed by atoms with van der Waals surface area (Å²) in [5.41, 5.74) is 1.15. The molecule has 0 bridgehead atoms. The Morgan fingerprint density at radius 3 is 1.81 bits per heavy atom. The highest BCUT2D eigenvalue weighted by atomic mass is 19.4. The van der Waals surface area contributed by atoms with Gasteiger partial charge in [0.1, 0.15) is 5.82 Å². The molecular weight excluding hydrogens is 657 g/mol. The Kier molecular flexibility index (Phi) is 16.8. The molecule has 5 N–H and O–H groups in total. The number of hydrogen-bond donors (Lipinski definition) is 3. The predicted octanol–water partition coefficient (Wildman–Crippen LogP) is 7.61. The Balaban J connectivity index is 0.000000890. The average Bonchev–Trinajstić information content (AvgIpc) is 3.00. The molecule has 3 rings (SSSR count). The van der Waals surface area contributed by atoms with E-state index in [0.29, 0.717) is 31.5 Å². The first-order valence-electron chi connectivity index (χ1n) is 15.5. The number of hydrazone groups is 1. The van der Waals surface area contributed by atoms with E-state index >= 15 is 0 Å². The molecule has 0 aliphatic heterocycles. The van der Waals surface area contributed by atoms with Gasteiger partial charge in [-0.25, -0.2) is 15.9 Å². The molecular formula is C31H46F9N7O. The summed E-state index contributed by atoms with van der Waals surface area (Å²) in [6.07, 6.45) is -6.38. The molecule has 1 aromatic carbocycles. The van der Waals surface area contributed by atoms with E-state index in [1.54, 1.807) is 6.92 Å². The number of aliphatic hydroxyl groups is 1. The molecule has 8 nitrogen and oxygen atoms in total. The molecule has 0 unspecified atom stereocenters. The Hall–Kier alpha value is -3.47. The Bertz CT molecular complexity index is 1240. The van der Waals surface area contributed by atoms with Gasteiger partial charge in [-0.15, -0.1) is 5.10 Å². The van der Waals surface area contributed by atoms with Crippen molar-refractivity contribution in [2.45, 2.75) is 90.9 Å². The van der Waals surface area contributed by atoms with Crippen molar-refractivity contribution in [2.24, 2.45) is 22.6 Å². The maximum atomic E-state index is 13.4. The van der Waals surface area contributed by atoms with Crippen molar-refractivity contribution in [3.05, 3.63) is 58.3 Å². The van der Waals surface area contributed by atoms with Gasteiger partial charge in [-0.3, -0.25) is 0 Å². The fourth-order valence-electron chi connectivity index (χ4n) is 4.91. The van der Waals surface area contributed by atoms with E-state index in [-0.39, 0.29) is 17.4 Å². The van der Waals surface area contributed by atoms with Crippen LogP contribution in [0.3, 0.4) is 0 Å². The van der Waals surface area contributed by atoms with Gasteiger partial charge >= 0.3 is 18.5 Å². The van der Waals surface area contributed by atoms with Gasteiger partial charge in [-0.1, -0.05) is 46.0 Å². The molecule has 274 valence electrons. The van der Waals surface area contributed by atoms with Crippen LogP contribution in [0.5, 0.6) is 0 Å². The van der Waals surface area contributed by atoms with Gasteiger partial charge in [0.25, 0.3) is 0 Å². The number of hydrazine groups is 1. The number of aliphatic hydroxyl groups excluding tert-OH is 1. The van der Waals surface area contributed by atoms with Crippen LogP contribution in [0.25, 0.3) is 0 Å². The van der Waals surface area contributed by atoms with Crippen LogP contribution in [0.1, 0.15) is 87.1 Å². The summed E-state index contributed by atoms with van der Waals surface area (Å²) in [6, 6.07) is 1.72. The minimum absolute atomic E-state index is 0.0377. The third kappa shape index (κ3) is 13.9. The minimum atomic E-state index is -5.10. The molecule has 1 heterocycles. The predicted molar refractivity (Wildman–Crippen MR) is 167 cm³/mol. The number of halogens is 9. The van der Waals surface area contributed by atoms with Crippen molar-refractivity contribution < 1.29 is 44.6 Å². The molecule has 0 atom stereocenters. The zero-order chi connectivity index (χ0) is 36.9. The lowest BCUT2D eigenvalue weighted by molar-refractivity contribution is -0.143. The standard InChI is InChI=1S/C21H24F9N7.C8H16O.C2H6/c1-4-35(2)17-13(7-16(9-33-17)21(28,29)30)11-37(18(31)34-36(3)32)10-12-5-14(19(22,23)24)8-15(6-12)20(25,26)27;9-7-6-8-4-2-1-3-5-8;1-2/h5-9H,4,10-11,32H2,1-3H3,(H2,31,34);8-9H,1-7H2;1-2H3. The van der Waals surface area contributed by atoms with Crippen LogP contribution in [0.15, 0.2) is 35.6 Å². The summed E-state index contributed by atoms with van der Waals surface area (Å²) in [4.78, 5) is 6.35. The number of anilines is 1. The van der Waals surface area contributed by atoms with Gasteiger partial charge in [-0.2, -0.15) is 39.5 Å². The van der Waals surface area contributed by atoms with Gasteiger partial charge < -0.3 is 20.6 Å². The SMILES string of the molecule is CC.CCN(C)c1ncc(C(F)(F)F)cc1CN(Cc1cc(C(F)(F)F)cc(C(F)(F)F)c1)/C(N)=N/N(C)N.OCCC1CCCCC1. The van der Waals surface area contributed by atoms with Gasteiger partial charge in [0.05, 0.1) is 16.7 Å². The van der Waals surface area contributed by atoms with Gasteiger partial charge in [0, 0.05) is 52.1 Å². The quantitative estimate of drug-likeness (QED) is 0.0812. The molecule has 17 heteroatoms. The average molecular weight is 704 g/mol. The molecule has 0 amide bonds. The second-order valence-corrected chi connectivity index (χ2v) is 11.0. The number of hydrogen-bond acceptors (Lipinski definition) is 6. The zero-order valence-corrected chi connectivity index (χ0v) is 27.8. The van der Waals surface area contributed by atoms with E-state index in [0.717, 1.165) is 28.4 Å². The third-order valence-electron chi connectivity index (χ3n) is 7.33. The first kappa shape index (κ1) is 42.6. The fourth-order valence-corrected chi connectivity index (χ4v) is 4.91. The second kappa shape index (κ2) is 18.9. The molecule has 1 saturated carbocycles. The highest BCUT2D eigenvalue weighted by molar-refractivity contribution is 5.78. The maximum Gasteiger partial charge on any atom is 0.417 e. The van der Waals surface area contributed by atoms with Crippen LogP contribution in [0.4, 0.5) is 45.3 Å². The number of nitrogens with zero attached hydrogens (tertiary/aromatic N) is 5. The van der Waals surface area contributed by atoms with Crippen LogP contribution in [-0.2, 0) is 31.6 Å². The second-order valence-electron chi connectivity index (χ2n) is 11.0. The van der Waals surface area contributed by atoms with Crippen molar-refractivity contribution in [1.82, 2.24) is 15.0 Å². The smallest absolute Gasteiger partial charge is 0.396 e. The molecule has 2 aromatic rings. The topological polar surface area (TPSA) is 107 Å². The third-order valence-corrected chi connectivity index (χ3v) is 7.33. The van der Waals surface area contributed by atoms with Crippen LogP contribution in [-0.4, -0.2) is 53.3 Å². The summed E-state index contributed by atoms with van der Waals surface area (Å²) in [6.45, 7) is 5.23. The molecule has 0 spiro atoms. The fraction of sp³-hybridized carbons (Fsp3) is 0.613. The number of rotatable bonds is 9. The number of aromatic nitrogens is 1. The summed E-state index contributed by atoms with van der Waals surface area (Å²) in [5, 5.41) is 13.0. The van der Waals surface area contributed by atoms with Crippen LogP contribution >= 0.6 is 0 Å². The normalized spacial score (nSPS) is 14.4. The van der Waals surface area contributed by atoms with Crippen molar-refractivity contribution in [1.29, 1.82) is 0 Å². The summed E-state index contributed by atoms with van der Waals surface area (Å²) < 4.78 is 120. The van der Waals surface area contributed by atoms with E-state index in [4.69, 9.17) is 16.7 Å². The molecule has 0 saturated heterocycles. The first-order valence-corrected chi connectivity index (χ1v) is 15.5. The molecule has 1 aliphatic rings. The summed E-state index contributed by atoms with van der Waals surface area (Å²) >= 11 is 0. The number of benzene rings is 1. The lowest BCUT2D eigenvalue weighted by atomic mass is 9.87. The molecule has 1 aliphatic carbocycles. The largest absolute Gasteiger partial charge is 0.417 e. The number of nitrogens with two attached hydrogens (primary N) is 2. The Morgan fingerprint density at radius 2 is 1.38 bits per heavy atom. The minimum Gasteiger partial charge on any atom is -0.396 e. The van der Waals surface area contributed by atoms with E-state index < -0.39 is 59.8 Å². The van der Waals surface area contributed by atoms with Gasteiger partial charge in [0.15, 0.2) is 0 Å². The lowest BCUT2D eigenvalue weighted by Gasteiger charge is -2.28. The Morgan fingerprint density at radius 1 is 0.854 bits per heavy atom. The number of pyridine rings is 1. The van der Waals surface area contributed by atoms with Gasteiger partial charge in [0.2, 0.25) is 5.96 Å². The van der Waals surface area contributed by atoms with Crippen molar-refractivity contribution >= 4 is 11.8 Å². The van der Waals surface area contributed by atoms with E-state index in [2.05, 4.69) is 10.1 Å². The Labute approximate surface area is 275 Å². The van der Waals surface area contributed by atoms with Crippen molar-refractivity contribution in [3.8, 4) is 0 Å². The van der Waals surface area contributed by atoms with E-state index in [1.807, 2.05) is 13.8 Å². The molecule has 1 fully saturated rings. The number of alkyl halides is 9. The summed E-state index contributed by atoms with van der Waals surface area (Å²) in [5.74, 6) is 5.90. The first-order chi connectivity index (χ1) is 22.3.